The molecule has 20 heavy (non-hydrogen) atoms. The summed E-state index contributed by atoms with van der Waals surface area (Å²) in [6.45, 7) is 8.99. The minimum Gasteiger partial charge on any atom is -0.377 e. The molecule has 2 nitrogen and oxygen atoms in total. The number of hydrogen-bond donors (Lipinski definition) is 0. The zero-order valence-corrected chi connectivity index (χ0v) is 14.8. The maximum absolute atomic E-state index is 12.1. The van der Waals surface area contributed by atoms with Gasteiger partial charge in [0.25, 0.3) is 0 Å². The largest absolute Gasteiger partial charge is 0.377 e. The summed E-state index contributed by atoms with van der Waals surface area (Å²) in [7, 11) is 0.247. The van der Waals surface area contributed by atoms with Gasteiger partial charge in [-0.05, 0) is 23.6 Å². The minimum atomic E-state index is -1.53. The van der Waals surface area contributed by atoms with E-state index in [1.807, 2.05) is 0 Å². The van der Waals surface area contributed by atoms with Crippen LogP contribution >= 0.6 is 0 Å². The van der Waals surface area contributed by atoms with Gasteiger partial charge in [-0.3, -0.25) is 4.79 Å². The van der Waals surface area contributed by atoms with Crippen molar-refractivity contribution in [3.05, 3.63) is 22.9 Å². The first-order valence-electron chi connectivity index (χ1n) is 7.88. The Hall–Kier alpha value is -0.673. The van der Waals surface area contributed by atoms with Crippen LogP contribution in [0.3, 0.4) is 0 Å². The van der Waals surface area contributed by atoms with Crippen LogP contribution in [0.2, 0.25) is 19.6 Å². The predicted octanol–water partition coefficient (Wildman–Crippen LogP) is 4.67. The molecular formula is C17H30O2Si. The molecule has 0 bridgehead atoms. The van der Waals surface area contributed by atoms with Crippen molar-refractivity contribution in [3.63, 3.8) is 0 Å². The number of unbranched alkanes of at least 4 members (excludes halogenated alkanes) is 2. The van der Waals surface area contributed by atoms with Crippen LogP contribution in [-0.2, 0) is 9.53 Å². The predicted molar refractivity (Wildman–Crippen MR) is 88.7 cm³/mol. The Morgan fingerprint density at radius 1 is 1.25 bits per heavy atom. The highest BCUT2D eigenvalue weighted by Crippen LogP contribution is 2.31. The van der Waals surface area contributed by atoms with E-state index in [0.29, 0.717) is 12.2 Å². The summed E-state index contributed by atoms with van der Waals surface area (Å²) >= 11 is 0. The van der Waals surface area contributed by atoms with Gasteiger partial charge in [0.05, 0.1) is 14.2 Å². The van der Waals surface area contributed by atoms with Crippen molar-refractivity contribution < 1.29 is 9.53 Å². The normalized spacial score (nSPS) is 18.4. The van der Waals surface area contributed by atoms with Gasteiger partial charge in [0.2, 0.25) is 0 Å². The molecule has 0 fully saturated rings. The van der Waals surface area contributed by atoms with Gasteiger partial charge in [-0.15, -0.1) is 0 Å². The molecule has 0 aliphatic heterocycles. The maximum Gasteiger partial charge on any atom is 0.155 e. The van der Waals surface area contributed by atoms with Crippen molar-refractivity contribution in [1.82, 2.24) is 0 Å². The van der Waals surface area contributed by atoms with Gasteiger partial charge >= 0.3 is 0 Å². The van der Waals surface area contributed by atoms with E-state index in [9.17, 15) is 4.79 Å². The highest BCUT2D eigenvalue weighted by atomic mass is 28.3. The molecule has 1 rings (SSSR count). The molecule has 1 aliphatic carbocycles. The van der Waals surface area contributed by atoms with E-state index in [1.165, 1.54) is 24.8 Å². The zero-order valence-electron chi connectivity index (χ0n) is 13.8. The summed E-state index contributed by atoms with van der Waals surface area (Å²) in [5.74, 6) is 0.378. The van der Waals surface area contributed by atoms with Gasteiger partial charge in [-0.25, -0.2) is 0 Å². The second-order valence-corrected chi connectivity index (χ2v) is 11.7. The van der Waals surface area contributed by atoms with Crippen LogP contribution in [0.25, 0.3) is 0 Å². The average molecular weight is 295 g/mol. The van der Waals surface area contributed by atoms with Crippen molar-refractivity contribution in [2.75, 3.05) is 7.11 Å². The fourth-order valence-electron chi connectivity index (χ4n) is 2.86. The van der Waals surface area contributed by atoms with Crippen molar-refractivity contribution in [2.24, 2.45) is 0 Å². The molecule has 1 unspecified atom stereocenters. The Labute approximate surface area is 125 Å². The Morgan fingerprint density at radius 3 is 2.50 bits per heavy atom. The molecular weight excluding hydrogens is 264 g/mol. The van der Waals surface area contributed by atoms with Gasteiger partial charge in [0.15, 0.2) is 5.78 Å². The summed E-state index contributed by atoms with van der Waals surface area (Å²) in [5.41, 5.74) is 1.27. The SMILES string of the molecule is CCCCCC(/C=C/C1=C([Si](C)(C)C)C(=O)CC1)OC. The van der Waals surface area contributed by atoms with E-state index >= 15 is 0 Å². The monoisotopic (exact) mass is 294 g/mol. The molecule has 0 N–H and O–H groups in total. The quantitative estimate of drug-likeness (QED) is 0.480. The van der Waals surface area contributed by atoms with E-state index in [0.717, 1.165) is 18.0 Å². The number of carbonyl (C=O) groups is 1. The van der Waals surface area contributed by atoms with Crippen molar-refractivity contribution >= 4 is 13.9 Å². The zero-order chi connectivity index (χ0) is 15.2. The van der Waals surface area contributed by atoms with E-state index in [2.05, 4.69) is 38.7 Å². The third-order valence-electron chi connectivity index (χ3n) is 3.88. The highest BCUT2D eigenvalue weighted by Gasteiger charge is 2.32. The molecule has 0 aromatic carbocycles. The number of allylic oxidation sites excluding steroid dienone is 3. The summed E-state index contributed by atoms with van der Waals surface area (Å²) in [5, 5.41) is 1.15. The number of ketones is 1. The number of ether oxygens (including phenoxy) is 1. The van der Waals surface area contributed by atoms with E-state index in [-0.39, 0.29) is 6.10 Å². The van der Waals surface area contributed by atoms with Crippen LogP contribution in [0.5, 0.6) is 0 Å². The summed E-state index contributed by atoms with van der Waals surface area (Å²) in [4.78, 5) is 12.1. The Kier molecular flexibility index (Phi) is 6.90. The first kappa shape index (κ1) is 17.4. The van der Waals surface area contributed by atoms with Crippen LogP contribution in [-0.4, -0.2) is 27.1 Å². The van der Waals surface area contributed by atoms with Gasteiger partial charge in [-0.2, -0.15) is 0 Å². The lowest BCUT2D eigenvalue weighted by Crippen LogP contribution is -2.28. The molecule has 3 heteroatoms. The molecule has 0 heterocycles. The average Bonchev–Trinajstić information content (AvgIpc) is 2.74. The van der Waals surface area contributed by atoms with Crippen molar-refractivity contribution in [2.45, 2.75) is 71.2 Å². The second kappa shape index (κ2) is 7.94. The molecule has 1 aliphatic rings. The molecule has 114 valence electrons. The molecule has 0 aromatic heterocycles. The maximum atomic E-state index is 12.1. The number of methoxy groups -OCH3 is 1. The molecule has 0 amide bonds. The molecule has 1 atom stereocenters. The third-order valence-corrected chi connectivity index (χ3v) is 5.98. The number of Topliss-reactive ketones (excluding diaryl/α,β-unsaturated/α-hetero) is 1. The van der Waals surface area contributed by atoms with Crippen LogP contribution < -0.4 is 0 Å². The van der Waals surface area contributed by atoms with Crippen LogP contribution in [0.1, 0.15) is 45.4 Å². The fourth-order valence-corrected chi connectivity index (χ4v) is 4.99. The van der Waals surface area contributed by atoms with Crippen molar-refractivity contribution in [1.29, 1.82) is 0 Å². The Morgan fingerprint density at radius 2 is 1.95 bits per heavy atom. The topological polar surface area (TPSA) is 26.3 Å². The minimum absolute atomic E-state index is 0.188. The number of carbonyl (C=O) groups excluding carboxylic acids is 1. The Balaban J connectivity index is 2.75. The van der Waals surface area contributed by atoms with Crippen molar-refractivity contribution in [3.8, 4) is 0 Å². The number of rotatable bonds is 8. The van der Waals surface area contributed by atoms with E-state index in [4.69, 9.17) is 4.74 Å². The van der Waals surface area contributed by atoms with Gasteiger partial charge in [0.1, 0.15) is 0 Å². The summed E-state index contributed by atoms with van der Waals surface area (Å²) in [6.07, 6.45) is 10.9. The third kappa shape index (κ3) is 5.02. The van der Waals surface area contributed by atoms with Gasteiger partial charge < -0.3 is 4.74 Å². The van der Waals surface area contributed by atoms with Crippen LogP contribution in [0.15, 0.2) is 22.9 Å². The summed E-state index contributed by atoms with van der Waals surface area (Å²) in [6, 6.07) is 0. The lowest BCUT2D eigenvalue weighted by atomic mass is 10.1. The van der Waals surface area contributed by atoms with Crippen LogP contribution in [0.4, 0.5) is 0 Å². The first-order chi connectivity index (χ1) is 9.40. The molecule has 0 aromatic rings. The molecule has 0 spiro atoms. The van der Waals surface area contributed by atoms with Gasteiger partial charge in [0, 0.05) is 13.5 Å². The lowest BCUT2D eigenvalue weighted by Gasteiger charge is -2.18. The lowest BCUT2D eigenvalue weighted by molar-refractivity contribution is -0.114. The fraction of sp³-hybridized carbons (Fsp3) is 0.706. The number of hydrogen-bond acceptors (Lipinski definition) is 2. The van der Waals surface area contributed by atoms with E-state index in [1.54, 1.807) is 7.11 Å². The first-order valence-corrected chi connectivity index (χ1v) is 11.4. The van der Waals surface area contributed by atoms with Gasteiger partial charge in [-0.1, -0.05) is 58.0 Å². The molecule has 0 saturated carbocycles. The summed E-state index contributed by atoms with van der Waals surface area (Å²) < 4.78 is 5.52. The Bertz CT molecular complexity index is 388. The second-order valence-electron chi connectivity index (χ2n) is 6.70. The highest BCUT2D eigenvalue weighted by molar-refractivity contribution is 6.87. The molecule has 0 saturated heterocycles. The van der Waals surface area contributed by atoms with E-state index < -0.39 is 8.07 Å². The smallest absolute Gasteiger partial charge is 0.155 e. The standard InChI is InChI=1S/C17H30O2Si/c1-6-7-8-9-15(19-2)12-10-14-11-13-16(18)17(14)20(3,4)5/h10,12,15H,6-9,11,13H2,1-5H3/b12-10+. The van der Waals surface area contributed by atoms with Crippen LogP contribution in [0, 0.1) is 0 Å². The molecule has 0 radical (unpaired) electrons.